The Balaban J connectivity index is 2.24. The predicted molar refractivity (Wildman–Crippen MR) is 61.2 cm³/mol. The summed E-state index contributed by atoms with van der Waals surface area (Å²) in [6.45, 7) is 7.47. The van der Waals surface area contributed by atoms with Gasteiger partial charge < -0.3 is 5.11 Å². The van der Waals surface area contributed by atoms with Crippen LogP contribution in [0.25, 0.3) is 0 Å². The molecule has 1 nitrogen and oxygen atoms in total. The zero-order valence-electron chi connectivity index (χ0n) is 10.1. The lowest BCUT2D eigenvalue weighted by Gasteiger charge is -2.37. The first kappa shape index (κ1) is 12.0. The molecule has 0 spiro atoms. The summed E-state index contributed by atoms with van der Waals surface area (Å²) in [4.78, 5) is 0. The van der Waals surface area contributed by atoms with Crippen LogP contribution in [0.3, 0.4) is 0 Å². The van der Waals surface area contributed by atoms with Gasteiger partial charge in [-0.25, -0.2) is 0 Å². The molecule has 14 heavy (non-hydrogen) atoms. The first-order valence-electron chi connectivity index (χ1n) is 6.15. The molecule has 0 unspecified atom stereocenters. The molecule has 1 saturated carbocycles. The molecule has 0 saturated heterocycles. The maximum Gasteiger partial charge on any atom is 0.0431 e. The van der Waals surface area contributed by atoms with Gasteiger partial charge in [-0.1, -0.05) is 33.6 Å². The second-order valence-corrected chi connectivity index (χ2v) is 5.95. The van der Waals surface area contributed by atoms with Crippen molar-refractivity contribution in [1.29, 1.82) is 0 Å². The highest BCUT2D eigenvalue weighted by molar-refractivity contribution is 4.80. The maximum atomic E-state index is 8.78. The number of aliphatic hydroxyl groups is 1. The third-order valence-electron chi connectivity index (χ3n) is 3.84. The Bertz CT molecular complexity index is 149. The molecule has 1 aliphatic carbocycles. The van der Waals surface area contributed by atoms with E-state index >= 15 is 0 Å². The van der Waals surface area contributed by atoms with E-state index in [9.17, 15) is 0 Å². The highest BCUT2D eigenvalue weighted by Crippen LogP contribution is 2.40. The molecule has 0 amide bonds. The van der Waals surface area contributed by atoms with Crippen LogP contribution in [0.5, 0.6) is 0 Å². The number of rotatable bonds is 3. The van der Waals surface area contributed by atoms with Gasteiger partial charge in [0.1, 0.15) is 0 Å². The molecule has 1 heteroatoms. The van der Waals surface area contributed by atoms with Gasteiger partial charge in [0.2, 0.25) is 0 Å². The number of aliphatic hydroxyl groups excluding tert-OH is 1. The van der Waals surface area contributed by atoms with E-state index in [1.165, 1.54) is 32.1 Å². The van der Waals surface area contributed by atoms with E-state index < -0.39 is 0 Å². The smallest absolute Gasteiger partial charge is 0.0431 e. The van der Waals surface area contributed by atoms with Gasteiger partial charge >= 0.3 is 0 Å². The summed E-state index contributed by atoms with van der Waals surface area (Å²) < 4.78 is 0. The normalized spacial score (nSPS) is 29.1. The van der Waals surface area contributed by atoms with E-state index in [0.717, 1.165) is 18.3 Å². The molecule has 1 aliphatic rings. The van der Waals surface area contributed by atoms with E-state index in [1.807, 2.05) is 0 Å². The maximum absolute atomic E-state index is 8.78. The molecule has 0 bridgehead atoms. The molecule has 0 radical (unpaired) electrons. The molecular weight excluding hydrogens is 172 g/mol. The second-order valence-electron chi connectivity index (χ2n) is 5.95. The van der Waals surface area contributed by atoms with Gasteiger partial charge in [-0.05, 0) is 42.9 Å². The van der Waals surface area contributed by atoms with Crippen molar-refractivity contribution in [1.82, 2.24) is 0 Å². The Labute approximate surface area is 88.9 Å². The van der Waals surface area contributed by atoms with E-state index in [4.69, 9.17) is 5.11 Å². The van der Waals surface area contributed by atoms with Crippen LogP contribution >= 0.6 is 0 Å². The van der Waals surface area contributed by atoms with Crippen LogP contribution < -0.4 is 0 Å². The number of hydrogen-bond acceptors (Lipinski definition) is 1. The molecule has 84 valence electrons. The quantitative estimate of drug-likeness (QED) is 0.734. The largest absolute Gasteiger partial charge is 0.396 e. The average molecular weight is 198 g/mol. The van der Waals surface area contributed by atoms with Crippen LogP contribution in [0.15, 0.2) is 0 Å². The van der Waals surface area contributed by atoms with Crippen LogP contribution in [0, 0.1) is 17.3 Å². The summed E-state index contributed by atoms with van der Waals surface area (Å²) in [5, 5.41) is 8.78. The van der Waals surface area contributed by atoms with E-state index in [1.54, 1.807) is 0 Å². The van der Waals surface area contributed by atoms with Crippen molar-refractivity contribution < 1.29 is 5.11 Å². The molecule has 0 atom stereocenters. The zero-order chi connectivity index (χ0) is 10.6. The van der Waals surface area contributed by atoms with E-state index in [0.29, 0.717) is 12.0 Å². The molecule has 0 heterocycles. The van der Waals surface area contributed by atoms with E-state index in [-0.39, 0.29) is 0 Å². The Hall–Kier alpha value is -0.0400. The van der Waals surface area contributed by atoms with Crippen LogP contribution in [0.2, 0.25) is 0 Å². The van der Waals surface area contributed by atoms with Crippen molar-refractivity contribution in [3.63, 3.8) is 0 Å². The molecule has 1 fully saturated rings. The van der Waals surface area contributed by atoms with Crippen molar-refractivity contribution in [2.75, 3.05) is 6.61 Å². The third-order valence-corrected chi connectivity index (χ3v) is 3.84. The van der Waals surface area contributed by atoms with E-state index in [2.05, 4.69) is 20.8 Å². The predicted octanol–water partition coefficient (Wildman–Crippen LogP) is 3.61. The van der Waals surface area contributed by atoms with Gasteiger partial charge in [0.25, 0.3) is 0 Å². The molecule has 1 N–H and O–H groups in total. The topological polar surface area (TPSA) is 20.2 Å². The van der Waals surface area contributed by atoms with Gasteiger partial charge in [-0.3, -0.25) is 0 Å². The fourth-order valence-electron chi connectivity index (χ4n) is 2.70. The lowest BCUT2D eigenvalue weighted by atomic mass is 9.69. The summed E-state index contributed by atoms with van der Waals surface area (Å²) in [5.74, 6) is 1.83. The van der Waals surface area contributed by atoms with Gasteiger partial charge in [-0.15, -0.1) is 0 Å². The minimum atomic E-state index is 0.374. The van der Waals surface area contributed by atoms with Crippen molar-refractivity contribution >= 4 is 0 Å². The fraction of sp³-hybridized carbons (Fsp3) is 1.00. The van der Waals surface area contributed by atoms with Crippen molar-refractivity contribution in [3.05, 3.63) is 0 Å². The summed E-state index contributed by atoms with van der Waals surface area (Å²) in [7, 11) is 0. The lowest BCUT2D eigenvalue weighted by molar-refractivity contribution is 0.142. The zero-order valence-corrected chi connectivity index (χ0v) is 10.1. The average Bonchev–Trinajstić information content (AvgIpc) is 2.14. The van der Waals surface area contributed by atoms with Crippen LogP contribution in [-0.2, 0) is 0 Å². The third kappa shape index (κ3) is 3.61. The monoisotopic (exact) mass is 198 g/mol. The summed E-state index contributed by atoms with van der Waals surface area (Å²) >= 11 is 0. The van der Waals surface area contributed by atoms with Crippen LogP contribution in [-0.4, -0.2) is 11.7 Å². The first-order chi connectivity index (χ1) is 6.54. The first-order valence-corrected chi connectivity index (χ1v) is 6.15. The Morgan fingerprint density at radius 3 is 2.07 bits per heavy atom. The molecule has 0 aromatic heterocycles. The Morgan fingerprint density at radius 2 is 1.64 bits per heavy atom. The van der Waals surface area contributed by atoms with Gasteiger partial charge in [0.05, 0.1) is 0 Å². The number of hydrogen-bond donors (Lipinski definition) is 1. The highest BCUT2D eigenvalue weighted by Gasteiger charge is 2.29. The molecule has 0 aromatic rings. The lowest BCUT2D eigenvalue weighted by Crippen LogP contribution is -2.25. The molecule has 0 aromatic carbocycles. The summed E-state index contributed by atoms with van der Waals surface area (Å²) in [6.07, 6.45) is 7.83. The highest BCUT2D eigenvalue weighted by atomic mass is 16.2. The Morgan fingerprint density at radius 1 is 1.07 bits per heavy atom. The second kappa shape index (κ2) is 5.16. The van der Waals surface area contributed by atoms with Crippen LogP contribution in [0.1, 0.15) is 59.3 Å². The minimum absolute atomic E-state index is 0.374. The summed E-state index contributed by atoms with van der Waals surface area (Å²) in [5.41, 5.74) is 0.502. The standard InChI is InChI=1S/C13H26O/c1-13(2,3)12-8-6-11(7-9-12)5-4-10-14/h11-12,14H,4-10H2,1-3H3. The van der Waals surface area contributed by atoms with Crippen molar-refractivity contribution in [3.8, 4) is 0 Å². The van der Waals surface area contributed by atoms with Crippen LogP contribution in [0.4, 0.5) is 0 Å². The SMILES string of the molecule is CC(C)(C)C1CCC(CCCO)CC1. The van der Waals surface area contributed by atoms with Gasteiger partial charge in [-0.2, -0.15) is 0 Å². The fourth-order valence-corrected chi connectivity index (χ4v) is 2.70. The molecular formula is C13H26O. The van der Waals surface area contributed by atoms with Crippen molar-refractivity contribution in [2.45, 2.75) is 59.3 Å². The summed E-state index contributed by atoms with van der Waals surface area (Å²) in [6, 6.07) is 0. The van der Waals surface area contributed by atoms with Crippen molar-refractivity contribution in [2.24, 2.45) is 17.3 Å². The van der Waals surface area contributed by atoms with Gasteiger partial charge in [0.15, 0.2) is 0 Å². The molecule has 1 rings (SSSR count). The van der Waals surface area contributed by atoms with Gasteiger partial charge in [0, 0.05) is 6.61 Å². The Kier molecular flexibility index (Phi) is 4.43. The molecule has 0 aliphatic heterocycles. The minimum Gasteiger partial charge on any atom is -0.396 e.